The maximum atomic E-state index is 9.51. The van der Waals surface area contributed by atoms with Gasteiger partial charge in [-0.1, -0.05) is 6.07 Å². The Morgan fingerprint density at radius 3 is 2.72 bits per heavy atom. The summed E-state index contributed by atoms with van der Waals surface area (Å²) in [5, 5.41) is 10.2. The molecule has 0 radical (unpaired) electrons. The van der Waals surface area contributed by atoms with Crippen LogP contribution in [-0.4, -0.2) is 15.1 Å². The molecule has 1 unspecified atom stereocenters. The van der Waals surface area contributed by atoms with Crippen LogP contribution in [-0.2, 0) is 0 Å². The molecule has 1 aromatic heterocycles. The Balaban J connectivity index is 2.24. The number of hydrogen-bond acceptors (Lipinski definition) is 4. The Morgan fingerprint density at radius 1 is 1.33 bits per heavy atom. The van der Waals surface area contributed by atoms with Gasteiger partial charge in [-0.15, -0.1) is 0 Å². The average Bonchev–Trinajstić information content (AvgIpc) is 2.31. The van der Waals surface area contributed by atoms with Crippen molar-refractivity contribution in [1.29, 1.82) is 0 Å². The molecule has 2 aromatic rings. The molecule has 0 fully saturated rings. The van der Waals surface area contributed by atoms with Crippen molar-refractivity contribution in [2.24, 2.45) is 0 Å². The second-order valence-electron chi connectivity index (χ2n) is 3.95. The Kier molecular flexibility index (Phi) is 4.37. The fraction of sp³-hybridized carbons (Fsp3) is 0.231. The standard InChI is InChI=1S/C13H13BrN2OS/c1-8-5-6-15-13(16-8)18-12-4-3-10(9(2)17)7-11(12)14/h3-7,9,17H,1-2H3. The normalized spacial score (nSPS) is 12.4. The predicted molar refractivity (Wildman–Crippen MR) is 75.7 cm³/mol. The minimum atomic E-state index is -0.462. The first kappa shape index (κ1) is 13.5. The number of aryl methyl sites for hydroxylation is 1. The summed E-state index contributed by atoms with van der Waals surface area (Å²) in [6.45, 7) is 3.69. The summed E-state index contributed by atoms with van der Waals surface area (Å²) in [4.78, 5) is 9.60. The van der Waals surface area contributed by atoms with Gasteiger partial charge in [-0.2, -0.15) is 0 Å². The SMILES string of the molecule is Cc1ccnc(Sc2ccc(C(C)O)cc2Br)n1. The Labute approximate surface area is 119 Å². The molecule has 0 saturated carbocycles. The summed E-state index contributed by atoms with van der Waals surface area (Å²) in [6.07, 6.45) is 1.29. The number of rotatable bonds is 3. The van der Waals surface area contributed by atoms with Gasteiger partial charge in [0.05, 0.1) is 6.10 Å². The zero-order chi connectivity index (χ0) is 13.1. The number of nitrogens with zero attached hydrogens (tertiary/aromatic N) is 2. The van der Waals surface area contributed by atoms with Gasteiger partial charge in [-0.05, 0) is 65.3 Å². The molecule has 0 aliphatic carbocycles. The first-order valence-electron chi connectivity index (χ1n) is 5.51. The lowest BCUT2D eigenvalue weighted by molar-refractivity contribution is 0.199. The molecule has 1 heterocycles. The smallest absolute Gasteiger partial charge is 0.192 e. The van der Waals surface area contributed by atoms with E-state index in [9.17, 15) is 5.11 Å². The zero-order valence-electron chi connectivity index (χ0n) is 10.1. The summed E-state index contributed by atoms with van der Waals surface area (Å²) in [6, 6.07) is 7.66. The molecule has 1 N–H and O–H groups in total. The fourth-order valence-corrected chi connectivity index (χ4v) is 2.86. The van der Waals surface area contributed by atoms with E-state index >= 15 is 0 Å². The van der Waals surface area contributed by atoms with Crippen LogP contribution in [0.3, 0.4) is 0 Å². The lowest BCUT2D eigenvalue weighted by Gasteiger charge is -2.08. The Hall–Kier alpha value is -0.910. The van der Waals surface area contributed by atoms with E-state index in [1.807, 2.05) is 31.2 Å². The molecule has 0 aliphatic rings. The number of hydrogen-bond donors (Lipinski definition) is 1. The fourth-order valence-electron chi connectivity index (χ4n) is 1.43. The monoisotopic (exact) mass is 324 g/mol. The zero-order valence-corrected chi connectivity index (χ0v) is 12.5. The molecule has 0 saturated heterocycles. The van der Waals surface area contributed by atoms with Crippen LogP contribution in [0.25, 0.3) is 0 Å². The molecule has 94 valence electrons. The predicted octanol–water partition coefficient (Wildman–Crippen LogP) is 3.75. The molecule has 3 nitrogen and oxygen atoms in total. The molecule has 1 aromatic carbocycles. The molecule has 0 spiro atoms. The maximum absolute atomic E-state index is 9.51. The van der Waals surface area contributed by atoms with Crippen LogP contribution in [0.5, 0.6) is 0 Å². The van der Waals surface area contributed by atoms with Gasteiger partial charge in [-0.3, -0.25) is 0 Å². The number of aliphatic hydroxyl groups is 1. The Bertz CT molecular complexity index is 560. The second kappa shape index (κ2) is 5.82. The first-order chi connectivity index (χ1) is 8.56. The van der Waals surface area contributed by atoms with Crippen molar-refractivity contribution in [3.63, 3.8) is 0 Å². The molecule has 1 atom stereocenters. The van der Waals surface area contributed by atoms with Gasteiger partial charge < -0.3 is 5.11 Å². The highest BCUT2D eigenvalue weighted by molar-refractivity contribution is 9.10. The minimum Gasteiger partial charge on any atom is -0.389 e. The molecule has 2 rings (SSSR count). The maximum Gasteiger partial charge on any atom is 0.192 e. The summed E-state index contributed by atoms with van der Waals surface area (Å²) < 4.78 is 0.941. The van der Waals surface area contributed by atoms with Gasteiger partial charge >= 0.3 is 0 Å². The van der Waals surface area contributed by atoms with Gasteiger partial charge in [0.1, 0.15) is 0 Å². The van der Waals surface area contributed by atoms with E-state index in [1.54, 1.807) is 13.1 Å². The summed E-state index contributed by atoms with van der Waals surface area (Å²) >= 11 is 5.00. The molecule has 18 heavy (non-hydrogen) atoms. The third-order valence-corrected chi connectivity index (χ3v) is 4.29. The third kappa shape index (κ3) is 3.31. The number of aliphatic hydroxyl groups excluding tert-OH is 1. The van der Waals surface area contributed by atoms with E-state index in [4.69, 9.17) is 0 Å². The van der Waals surface area contributed by atoms with E-state index in [-0.39, 0.29) is 0 Å². The molecule has 0 amide bonds. The van der Waals surface area contributed by atoms with Crippen molar-refractivity contribution in [3.05, 3.63) is 46.2 Å². The van der Waals surface area contributed by atoms with Crippen molar-refractivity contribution in [1.82, 2.24) is 9.97 Å². The summed E-state index contributed by atoms with van der Waals surface area (Å²) in [5.41, 5.74) is 1.83. The van der Waals surface area contributed by atoms with Crippen LogP contribution in [0.4, 0.5) is 0 Å². The van der Waals surface area contributed by atoms with Crippen LogP contribution in [0.1, 0.15) is 24.3 Å². The van der Waals surface area contributed by atoms with E-state index < -0.39 is 6.10 Å². The highest BCUT2D eigenvalue weighted by Crippen LogP contribution is 2.33. The van der Waals surface area contributed by atoms with Crippen molar-refractivity contribution < 1.29 is 5.11 Å². The number of halogens is 1. The van der Waals surface area contributed by atoms with Gasteiger partial charge in [0.15, 0.2) is 5.16 Å². The van der Waals surface area contributed by atoms with Crippen LogP contribution in [0.15, 0.2) is 45.0 Å². The first-order valence-corrected chi connectivity index (χ1v) is 7.12. The topological polar surface area (TPSA) is 46.0 Å². The van der Waals surface area contributed by atoms with Gasteiger partial charge in [-0.25, -0.2) is 9.97 Å². The summed E-state index contributed by atoms with van der Waals surface area (Å²) in [5.74, 6) is 0. The molecular weight excluding hydrogens is 312 g/mol. The lowest BCUT2D eigenvalue weighted by Crippen LogP contribution is -1.92. The number of benzene rings is 1. The van der Waals surface area contributed by atoms with Crippen molar-refractivity contribution in [3.8, 4) is 0 Å². The average molecular weight is 325 g/mol. The molecule has 0 aliphatic heterocycles. The van der Waals surface area contributed by atoms with Crippen LogP contribution >= 0.6 is 27.7 Å². The van der Waals surface area contributed by atoms with E-state index in [0.717, 1.165) is 25.8 Å². The molecule has 5 heteroatoms. The van der Waals surface area contributed by atoms with E-state index in [1.165, 1.54) is 11.8 Å². The van der Waals surface area contributed by atoms with Gasteiger partial charge in [0, 0.05) is 21.3 Å². The van der Waals surface area contributed by atoms with E-state index in [2.05, 4.69) is 25.9 Å². The van der Waals surface area contributed by atoms with Crippen molar-refractivity contribution in [2.75, 3.05) is 0 Å². The van der Waals surface area contributed by atoms with E-state index in [0.29, 0.717) is 0 Å². The van der Waals surface area contributed by atoms with Gasteiger partial charge in [0.25, 0.3) is 0 Å². The third-order valence-electron chi connectivity index (χ3n) is 2.41. The van der Waals surface area contributed by atoms with Crippen LogP contribution in [0, 0.1) is 6.92 Å². The molecular formula is C13H13BrN2OS. The lowest BCUT2D eigenvalue weighted by atomic mass is 10.1. The quantitative estimate of drug-likeness (QED) is 0.873. The van der Waals surface area contributed by atoms with Gasteiger partial charge in [0.2, 0.25) is 0 Å². The Morgan fingerprint density at radius 2 is 2.11 bits per heavy atom. The van der Waals surface area contributed by atoms with Crippen LogP contribution in [0.2, 0.25) is 0 Å². The number of aromatic nitrogens is 2. The largest absolute Gasteiger partial charge is 0.389 e. The van der Waals surface area contributed by atoms with Crippen LogP contribution < -0.4 is 0 Å². The highest BCUT2D eigenvalue weighted by Gasteiger charge is 2.08. The minimum absolute atomic E-state index is 0.462. The molecule has 0 bridgehead atoms. The highest BCUT2D eigenvalue weighted by atomic mass is 79.9. The van der Waals surface area contributed by atoms with Crippen molar-refractivity contribution in [2.45, 2.75) is 30.0 Å². The second-order valence-corrected chi connectivity index (χ2v) is 5.81. The van der Waals surface area contributed by atoms with Crippen molar-refractivity contribution >= 4 is 27.7 Å². The summed E-state index contributed by atoms with van der Waals surface area (Å²) in [7, 11) is 0.